The Hall–Kier alpha value is 0.820. The number of hydrogen-bond donors (Lipinski definition) is 2. The Labute approximate surface area is 232 Å². The second-order valence-electron chi connectivity index (χ2n) is 7.47. The van der Waals surface area contributed by atoms with Gasteiger partial charge in [0.25, 0.3) is 0 Å². The van der Waals surface area contributed by atoms with Gasteiger partial charge in [0.05, 0.1) is 13.2 Å². The molecule has 0 spiro atoms. The van der Waals surface area contributed by atoms with Crippen molar-refractivity contribution in [1.29, 1.82) is 0 Å². The Kier molecular flexibility index (Phi) is 25.6. The number of ether oxygens (including phenoxy) is 1. The van der Waals surface area contributed by atoms with E-state index in [2.05, 4.69) is 11.9 Å². The third-order valence-electron chi connectivity index (χ3n) is 5.20. The predicted molar refractivity (Wildman–Crippen MR) is 105 cm³/mol. The SMILES string of the molecule is CCCCCCCCCCCC1=NCC[N+]1(CCOCC(=O)O)CC(=O)O.[Cl-].[Na+].[Na+]. The zero-order valence-corrected chi connectivity index (χ0v) is 24.0. The number of aliphatic carboxylic acids is 2. The molecule has 7 nitrogen and oxygen atoms in total. The van der Waals surface area contributed by atoms with E-state index in [9.17, 15) is 14.7 Å². The molecule has 0 aromatic heterocycles. The molecule has 2 N–H and O–H groups in total. The fourth-order valence-electron chi connectivity index (χ4n) is 3.71. The second-order valence-corrected chi connectivity index (χ2v) is 7.47. The maximum absolute atomic E-state index is 11.4. The van der Waals surface area contributed by atoms with E-state index in [-0.39, 0.29) is 91.3 Å². The van der Waals surface area contributed by atoms with Crippen molar-refractivity contribution in [3.63, 3.8) is 0 Å². The first-order chi connectivity index (χ1) is 13.0. The zero-order valence-electron chi connectivity index (χ0n) is 19.2. The number of nitrogens with zero attached hydrogens (tertiary/aromatic N) is 2. The predicted octanol–water partition coefficient (Wildman–Crippen LogP) is -5.67. The maximum Gasteiger partial charge on any atom is 1.00 e. The van der Waals surface area contributed by atoms with E-state index >= 15 is 0 Å². The molecule has 0 saturated heterocycles. The molecule has 0 aromatic carbocycles. The van der Waals surface area contributed by atoms with Crippen molar-refractivity contribution < 1.29 is 101 Å². The monoisotopic (exact) mass is 466 g/mol. The minimum Gasteiger partial charge on any atom is -1.00 e. The molecule has 1 heterocycles. The Balaban J connectivity index is -0.00000243. The van der Waals surface area contributed by atoms with E-state index in [4.69, 9.17) is 9.84 Å². The molecule has 0 radical (unpaired) electrons. The van der Waals surface area contributed by atoms with E-state index in [1.165, 1.54) is 44.9 Å². The van der Waals surface area contributed by atoms with Gasteiger partial charge in [0.2, 0.25) is 0 Å². The van der Waals surface area contributed by atoms with Crippen molar-refractivity contribution in [2.24, 2.45) is 4.99 Å². The molecule has 10 heteroatoms. The number of carboxylic acid groups (broad SMARTS) is 2. The van der Waals surface area contributed by atoms with Crippen LogP contribution in [-0.4, -0.2) is 71.9 Å². The molecular weight excluding hydrogens is 430 g/mol. The van der Waals surface area contributed by atoms with Gasteiger partial charge in [-0.3, -0.25) is 4.48 Å². The van der Waals surface area contributed by atoms with E-state index in [0.717, 1.165) is 25.1 Å². The summed E-state index contributed by atoms with van der Waals surface area (Å²) in [5.74, 6) is -0.918. The quantitative estimate of drug-likeness (QED) is 0.127. The third-order valence-corrected chi connectivity index (χ3v) is 5.20. The summed E-state index contributed by atoms with van der Waals surface area (Å²) in [6, 6.07) is 0. The fourth-order valence-corrected chi connectivity index (χ4v) is 3.71. The maximum atomic E-state index is 11.4. The molecular formula is C20H37ClN2Na2O5+2. The Morgan fingerprint density at radius 3 is 2.07 bits per heavy atom. The third kappa shape index (κ3) is 15.6. The van der Waals surface area contributed by atoms with Crippen LogP contribution in [0.1, 0.15) is 71.1 Å². The number of rotatable bonds is 17. The zero-order chi connectivity index (χ0) is 20.0. The molecule has 1 unspecified atom stereocenters. The van der Waals surface area contributed by atoms with Gasteiger partial charge in [-0.2, -0.15) is 0 Å². The first kappa shape index (κ1) is 35.4. The molecule has 0 saturated carbocycles. The number of amidine groups is 1. The van der Waals surface area contributed by atoms with Gasteiger partial charge < -0.3 is 27.4 Å². The van der Waals surface area contributed by atoms with E-state index in [1.807, 2.05) is 0 Å². The Morgan fingerprint density at radius 1 is 0.967 bits per heavy atom. The van der Waals surface area contributed by atoms with Crippen LogP contribution >= 0.6 is 0 Å². The van der Waals surface area contributed by atoms with Crippen LogP contribution in [0.15, 0.2) is 4.99 Å². The molecule has 0 fully saturated rings. The molecule has 164 valence electrons. The van der Waals surface area contributed by atoms with Gasteiger partial charge in [0.15, 0.2) is 12.4 Å². The van der Waals surface area contributed by atoms with Gasteiger partial charge in [-0.25, -0.2) is 14.6 Å². The van der Waals surface area contributed by atoms with Gasteiger partial charge in [-0.05, 0) is 6.42 Å². The summed E-state index contributed by atoms with van der Waals surface area (Å²) in [5.41, 5.74) is 0. The van der Waals surface area contributed by atoms with E-state index in [0.29, 0.717) is 24.1 Å². The molecule has 0 amide bonds. The molecule has 0 aromatic rings. The summed E-state index contributed by atoms with van der Waals surface area (Å²) < 4.78 is 5.46. The van der Waals surface area contributed by atoms with Gasteiger partial charge in [-0.15, -0.1) is 0 Å². The number of halogens is 1. The summed E-state index contributed by atoms with van der Waals surface area (Å²) >= 11 is 0. The van der Waals surface area contributed by atoms with Crippen LogP contribution in [-0.2, 0) is 14.3 Å². The molecule has 0 aliphatic carbocycles. The van der Waals surface area contributed by atoms with Crippen LogP contribution in [0.5, 0.6) is 0 Å². The first-order valence-electron chi connectivity index (χ1n) is 10.4. The molecule has 1 atom stereocenters. The van der Waals surface area contributed by atoms with Crippen LogP contribution in [0.2, 0.25) is 0 Å². The minimum atomic E-state index is -1.01. The van der Waals surface area contributed by atoms with Gasteiger partial charge in [-0.1, -0.05) is 58.3 Å². The number of hydrogen-bond acceptors (Lipinski definition) is 4. The average molecular weight is 467 g/mol. The number of carboxylic acids is 2. The first-order valence-corrected chi connectivity index (χ1v) is 10.4. The number of quaternary nitrogens is 1. The van der Waals surface area contributed by atoms with Crippen LogP contribution in [0, 0.1) is 0 Å². The summed E-state index contributed by atoms with van der Waals surface area (Å²) in [5, 5.41) is 18.0. The smallest absolute Gasteiger partial charge is 1.00 e. The topological polar surface area (TPSA) is 96.2 Å². The molecule has 1 aliphatic rings. The fraction of sp³-hybridized carbons (Fsp3) is 0.850. The van der Waals surface area contributed by atoms with Crippen molar-refractivity contribution in [1.82, 2.24) is 0 Å². The molecule has 30 heavy (non-hydrogen) atoms. The number of aliphatic imine (C=N–C) groups is 1. The molecule has 1 aliphatic heterocycles. The molecule has 1 rings (SSSR count). The van der Waals surface area contributed by atoms with Crippen LogP contribution in [0.3, 0.4) is 0 Å². The largest absolute Gasteiger partial charge is 1.00 e. The van der Waals surface area contributed by atoms with Crippen LogP contribution in [0.25, 0.3) is 0 Å². The Morgan fingerprint density at radius 2 is 1.53 bits per heavy atom. The van der Waals surface area contributed by atoms with Gasteiger partial charge in [0.1, 0.15) is 19.7 Å². The van der Waals surface area contributed by atoms with Crippen molar-refractivity contribution in [3.8, 4) is 0 Å². The van der Waals surface area contributed by atoms with Crippen molar-refractivity contribution in [2.45, 2.75) is 71.1 Å². The van der Waals surface area contributed by atoms with Crippen molar-refractivity contribution in [2.75, 3.05) is 39.4 Å². The Bertz CT molecular complexity index is 498. The van der Waals surface area contributed by atoms with E-state index in [1.54, 1.807) is 0 Å². The number of carbonyl (C=O) groups is 2. The van der Waals surface area contributed by atoms with Crippen molar-refractivity contribution in [3.05, 3.63) is 0 Å². The van der Waals surface area contributed by atoms with E-state index < -0.39 is 11.9 Å². The summed E-state index contributed by atoms with van der Waals surface area (Å²) in [6.45, 7) is 3.87. The summed E-state index contributed by atoms with van der Waals surface area (Å²) in [7, 11) is 0. The average Bonchev–Trinajstić information content (AvgIpc) is 2.99. The number of unbranched alkanes of at least 4 members (excludes halogenated alkanes) is 8. The van der Waals surface area contributed by atoms with Gasteiger partial charge in [0, 0.05) is 6.42 Å². The van der Waals surface area contributed by atoms with Crippen LogP contribution in [0.4, 0.5) is 0 Å². The second kappa shape index (κ2) is 21.7. The van der Waals surface area contributed by atoms with Crippen molar-refractivity contribution >= 4 is 17.8 Å². The minimum absolute atomic E-state index is 0. The van der Waals surface area contributed by atoms with Crippen LogP contribution < -0.4 is 71.5 Å². The summed E-state index contributed by atoms with van der Waals surface area (Å²) in [6.07, 6.45) is 12.1. The molecule has 0 bridgehead atoms. The summed E-state index contributed by atoms with van der Waals surface area (Å²) in [4.78, 5) is 26.5. The standard InChI is InChI=1S/C20H36N2O5.ClH.2Na/c1-2-3-4-5-6-7-8-9-10-11-18-21-12-13-22(18,16-19(23)24)14-15-27-17-20(25)26;;;/h2-17H2,1H3,(H-,23,24,25,26);1H;;/q;;2*+1. The van der Waals surface area contributed by atoms with Gasteiger partial charge >= 0.3 is 71.1 Å². The normalized spacial score (nSPS) is 17.3.